The van der Waals surface area contributed by atoms with Gasteiger partial charge in [-0.25, -0.2) is 8.78 Å². The van der Waals surface area contributed by atoms with Crippen molar-refractivity contribution >= 4 is 0 Å². The third kappa shape index (κ3) is 2.17. The van der Waals surface area contributed by atoms with E-state index in [0.717, 1.165) is 18.9 Å². The van der Waals surface area contributed by atoms with Crippen LogP contribution in [-0.2, 0) is 4.74 Å². The highest BCUT2D eigenvalue weighted by Crippen LogP contribution is 2.30. The quantitative estimate of drug-likeness (QED) is 0.686. The molecule has 0 saturated carbocycles. The van der Waals surface area contributed by atoms with Gasteiger partial charge in [-0.1, -0.05) is 6.07 Å². The third-order valence-electron chi connectivity index (χ3n) is 2.55. The second-order valence-electron chi connectivity index (χ2n) is 3.80. The molecule has 0 saturated heterocycles. The summed E-state index contributed by atoms with van der Waals surface area (Å²) in [5.41, 5.74) is 1.87. The van der Waals surface area contributed by atoms with Crippen molar-refractivity contribution in [1.29, 1.82) is 0 Å². The van der Waals surface area contributed by atoms with E-state index in [2.05, 4.69) is 0 Å². The van der Waals surface area contributed by atoms with E-state index >= 15 is 0 Å². The lowest BCUT2D eigenvalue weighted by molar-refractivity contribution is 0.120. The Morgan fingerprint density at radius 3 is 2.67 bits per heavy atom. The molecule has 0 N–H and O–H groups in total. The lowest BCUT2D eigenvalue weighted by atomic mass is 10.0. The highest BCUT2D eigenvalue weighted by Gasteiger charge is 2.17. The fourth-order valence-corrected chi connectivity index (χ4v) is 1.64. The van der Waals surface area contributed by atoms with E-state index in [1.165, 1.54) is 11.6 Å². The van der Waals surface area contributed by atoms with Gasteiger partial charge in [0.2, 0.25) is 0 Å². The molecule has 1 aromatic carbocycles. The number of halogens is 2. The van der Waals surface area contributed by atoms with Gasteiger partial charge in [0.15, 0.2) is 11.6 Å². The molecular weight excluding hydrogens is 198 g/mol. The van der Waals surface area contributed by atoms with E-state index in [4.69, 9.17) is 4.74 Å². The van der Waals surface area contributed by atoms with Crippen molar-refractivity contribution in [1.82, 2.24) is 0 Å². The minimum atomic E-state index is -0.818. The Kier molecular flexibility index (Phi) is 2.71. The lowest BCUT2D eigenvalue weighted by Gasteiger charge is -2.22. The Morgan fingerprint density at radius 2 is 2.07 bits per heavy atom. The molecule has 0 amide bonds. The van der Waals surface area contributed by atoms with Crippen LogP contribution in [0.15, 0.2) is 30.0 Å². The van der Waals surface area contributed by atoms with Gasteiger partial charge in [-0.2, -0.15) is 0 Å². The summed E-state index contributed by atoms with van der Waals surface area (Å²) >= 11 is 0. The van der Waals surface area contributed by atoms with E-state index in [9.17, 15) is 8.78 Å². The van der Waals surface area contributed by atoms with E-state index < -0.39 is 11.6 Å². The van der Waals surface area contributed by atoms with Crippen LogP contribution >= 0.6 is 0 Å². The highest BCUT2D eigenvalue weighted by molar-refractivity contribution is 5.21. The molecule has 0 aromatic heterocycles. The predicted molar refractivity (Wildman–Crippen MR) is 53.2 cm³/mol. The molecule has 0 aliphatic carbocycles. The van der Waals surface area contributed by atoms with Crippen LogP contribution in [0.5, 0.6) is 0 Å². The summed E-state index contributed by atoms with van der Waals surface area (Å²) in [6, 6.07) is 3.91. The molecule has 0 fully saturated rings. The molecule has 80 valence electrons. The first-order valence-corrected chi connectivity index (χ1v) is 4.93. The van der Waals surface area contributed by atoms with Gasteiger partial charge < -0.3 is 4.74 Å². The van der Waals surface area contributed by atoms with Crippen molar-refractivity contribution < 1.29 is 13.5 Å². The van der Waals surface area contributed by atoms with E-state index in [1.807, 2.05) is 6.92 Å². The Morgan fingerprint density at radius 1 is 1.27 bits per heavy atom. The molecule has 0 spiro atoms. The molecular formula is C12H12F2O. The number of allylic oxidation sites excluding steroid dienone is 1. The maximum absolute atomic E-state index is 13.0. The number of ether oxygens (including phenoxy) is 1. The number of benzene rings is 1. The zero-order chi connectivity index (χ0) is 10.8. The Labute approximate surface area is 87.4 Å². The molecule has 1 aliphatic heterocycles. The minimum absolute atomic E-state index is 0.149. The van der Waals surface area contributed by atoms with Gasteiger partial charge in [0.25, 0.3) is 0 Å². The van der Waals surface area contributed by atoms with Crippen molar-refractivity contribution in [2.45, 2.75) is 25.9 Å². The second-order valence-corrected chi connectivity index (χ2v) is 3.80. The highest BCUT2D eigenvalue weighted by atomic mass is 19.2. The van der Waals surface area contributed by atoms with Crippen LogP contribution in [0, 0.1) is 11.6 Å². The molecule has 1 unspecified atom stereocenters. The van der Waals surface area contributed by atoms with E-state index in [0.29, 0.717) is 5.56 Å². The first-order valence-electron chi connectivity index (χ1n) is 4.93. The first-order chi connectivity index (χ1) is 7.16. The summed E-state index contributed by atoms with van der Waals surface area (Å²) in [4.78, 5) is 0. The topological polar surface area (TPSA) is 9.23 Å². The molecule has 1 aromatic rings. The van der Waals surface area contributed by atoms with Gasteiger partial charge >= 0.3 is 0 Å². The van der Waals surface area contributed by atoms with Gasteiger partial charge in [-0.15, -0.1) is 0 Å². The fourth-order valence-electron chi connectivity index (χ4n) is 1.64. The smallest absolute Gasteiger partial charge is 0.159 e. The minimum Gasteiger partial charge on any atom is -0.493 e. The number of hydrogen-bond donors (Lipinski definition) is 0. The van der Waals surface area contributed by atoms with Crippen LogP contribution < -0.4 is 0 Å². The third-order valence-corrected chi connectivity index (χ3v) is 2.55. The van der Waals surface area contributed by atoms with Crippen molar-refractivity contribution in [2.24, 2.45) is 0 Å². The maximum atomic E-state index is 13.0. The summed E-state index contributed by atoms with van der Waals surface area (Å²) < 4.78 is 31.1. The van der Waals surface area contributed by atoms with Crippen LogP contribution in [0.4, 0.5) is 8.78 Å². The summed E-state index contributed by atoms with van der Waals surface area (Å²) in [5.74, 6) is -1.64. The van der Waals surface area contributed by atoms with Gasteiger partial charge in [0, 0.05) is 0 Å². The standard InChI is InChI=1S/C12H12F2O/c1-8-2-5-12(15-7-8)9-3-4-10(13)11(14)6-9/h3-4,6-7,12H,2,5H2,1H3. The monoisotopic (exact) mass is 210 g/mol. The predicted octanol–water partition coefficient (Wildman–Crippen LogP) is 3.72. The molecule has 1 heterocycles. The number of hydrogen-bond acceptors (Lipinski definition) is 1. The van der Waals surface area contributed by atoms with Crippen LogP contribution in [0.2, 0.25) is 0 Å². The molecule has 1 atom stereocenters. The largest absolute Gasteiger partial charge is 0.493 e. The lowest BCUT2D eigenvalue weighted by Crippen LogP contribution is -2.06. The second kappa shape index (κ2) is 4.01. The Hall–Kier alpha value is -1.38. The zero-order valence-corrected chi connectivity index (χ0v) is 8.47. The van der Waals surface area contributed by atoms with Crippen molar-refractivity contribution in [3.05, 3.63) is 47.2 Å². The molecule has 1 nitrogen and oxygen atoms in total. The summed E-state index contributed by atoms with van der Waals surface area (Å²) in [6.07, 6.45) is 3.29. The molecule has 0 bridgehead atoms. The SMILES string of the molecule is CC1=COC(c2ccc(F)c(F)c2)CC1. The van der Waals surface area contributed by atoms with Gasteiger partial charge in [0.05, 0.1) is 6.26 Å². The normalized spacial score (nSPS) is 20.7. The maximum Gasteiger partial charge on any atom is 0.159 e. The van der Waals surface area contributed by atoms with Crippen molar-refractivity contribution in [3.63, 3.8) is 0 Å². The van der Waals surface area contributed by atoms with Gasteiger partial charge in [0.1, 0.15) is 6.10 Å². The summed E-state index contributed by atoms with van der Waals surface area (Å²) in [6.45, 7) is 1.99. The molecule has 1 aliphatic rings. The van der Waals surface area contributed by atoms with Crippen LogP contribution in [0.3, 0.4) is 0 Å². The molecule has 15 heavy (non-hydrogen) atoms. The Bertz CT molecular complexity index is 399. The zero-order valence-electron chi connectivity index (χ0n) is 8.47. The van der Waals surface area contributed by atoms with E-state index in [1.54, 1.807) is 12.3 Å². The van der Waals surface area contributed by atoms with Crippen LogP contribution in [0.25, 0.3) is 0 Å². The van der Waals surface area contributed by atoms with Crippen LogP contribution in [0.1, 0.15) is 31.4 Å². The van der Waals surface area contributed by atoms with E-state index in [-0.39, 0.29) is 6.10 Å². The average Bonchev–Trinajstić information content (AvgIpc) is 2.23. The molecule has 0 radical (unpaired) electrons. The first kappa shape index (κ1) is 10.1. The Balaban J connectivity index is 2.20. The summed E-state index contributed by atoms with van der Waals surface area (Å²) in [7, 11) is 0. The van der Waals surface area contributed by atoms with Crippen LogP contribution in [-0.4, -0.2) is 0 Å². The number of rotatable bonds is 1. The van der Waals surface area contributed by atoms with Crippen molar-refractivity contribution in [2.75, 3.05) is 0 Å². The van der Waals surface area contributed by atoms with Gasteiger partial charge in [-0.05, 0) is 43.0 Å². The van der Waals surface area contributed by atoms with Gasteiger partial charge in [-0.3, -0.25) is 0 Å². The molecule has 2 rings (SSSR count). The average molecular weight is 210 g/mol. The van der Waals surface area contributed by atoms with Crippen molar-refractivity contribution in [3.8, 4) is 0 Å². The fraction of sp³-hybridized carbons (Fsp3) is 0.333. The molecule has 3 heteroatoms. The summed E-state index contributed by atoms with van der Waals surface area (Å²) in [5, 5.41) is 0.